The van der Waals surface area contributed by atoms with E-state index in [2.05, 4.69) is 20.6 Å². The normalized spacial score (nSPS) is 11.3. The minimum absolute atomic E-state index is 0.384. The van der Waals surface area contributed by atoms with Crippen LogP contribution in [0.15, 0.2) is 27.8 Å². The number of H-pyrrole nitrogens is 2. The lowest BCUT2D eigenvalue weighted by molar-refractivity contribution is 0.0530. The largest absolute Gasteiger partial charge is 0.444 e. The number of alkyl carbamates (subject to hydrolysis) is 1. The molecule has 1 amide bonds. The first-order valence-corrected chi connectivity index (χ1v) is 7.22. The lowest BCUT2D eigenvalue weighted by atomic mass is 10.2. The number of nitrogens with one attached hydrogen (secondary N) is 4. The van der Waals surface area contributed by atoms with Crippen LogP contribution in [0.1, 0.15) is 20.8 Å². The quantitative estimate of drug-likeness (QED) is 0.498. The van der Waals surface area contributed by atoms with E-state index in [1.165, 1.54) is 0 Å². The Kier molecular flexibility index (Phi) is 4.73. The van der Waals surface area contributed by atoms with Crippen LogP contribution in [0, 0.1) is 0 Å². The Labute approximate surface area is 132 Å². The van der Waals surface area contributed by atoms with Crippen molar-refractivity contribution in [3.8, 4) is 0 Å². The molecule has 0 bridgehead atoms. The lowest BCUT2D eigenvalue weighted by Gasteiger charge is -2.19. The third-order valence-electron chi connectivity index (χ3n) is 2.84. The van der Waals surface area contributed by atoms with E-state index < -0.39 is 22.8 Å². The number of aromatic amines is 2. The van der Waals surface area contributed by atoms with Gasteiger partial charge < -0.3 is 25.3 Å². The van der Waals surface area contributed by atoms with Crippen LogP contribution in [0.25, 0.3) is 11.0 Å². The third-order valence-corrected chi connectivity index (χ3v) is 2.84. The molecule has 1 aromatic carbocycles. The summed E-state index contributed by atoms with van der Waals surface area (Å²) in [6.07, 6.45) is -0.472. The zero-order valence-corrected chi connectivity index (χ0v) is 13.3. The topological polar surface area (TPSA) is 116 Å². The van der Waals surface area contributed by atoms with E-state index in [0.717, 1.165) is 5.69 Å². The van der Waals surface area contributed by atoms with Crippen molar-refractivity contribution in [3.63, 3.8) is 0 Å². The second-order valence-corrected chi connectivity index (χ2v) is 6.02. The molecule has 8 heteroatoms. The summed E-state index contributed by atoms with van der Waals surface area (Å²) < 4.78 is 5.12. The van der Waals surface area contributed by atoms with E-state index in [0.29, 0.717) is 24.1 Å². The average Bonchev–Trinajstić information content (AvgIpc) is 2.43. The Morgan fingerprint density at radius 1 is 1.09 bits per heavy atom. The van der Waals surface area contributed by atoms with Crippen LogP contribution in [0.3, 0.4) is 0 Å². The molecule has 1 heterocycles. The summed E-state index contributed by atoms with van der Waals surface area (Å²) in [7, 11) is 0. The van der Waals surface area contributed by atoms with Gasteiger partial charge in [-0.05, 0) is 39.0 Å². The number of carbonyl (C=O) groups excluding carboxylic acids is 1. The average molecular weight is 320 g/mol. The Morgan fingerprint density at radius 3 is 2.39 bits per heavy atom. The van der Waals surface area contributed by atoms with Crippen molar-refractivity contribution in [2.45, 2.75) is 26.4 Å². The van der Waals surface area contributed by atoms with E-state index in [4.69, 9.17) is 4.74 Å². The van der Waals surface area contributed by atoms with E-state index in [9.17, 15) is 14.4 Å². The van der Waals surface area contributed by atoms with Gasteiger partial charge >= 0.3 is 17.2 Å². The van der Waals surface area contributed by atoms with Gasteiger partial charge in [0.2, 0.25) is 0 Å². The first kappa shape index (κ1) is 16.6. The minimum Gasteiger partial charge on any atom is -0.444 e. The van der Waals surface area contributed by atoms with Crippen molar-refractivity contribution in [1.82, 2.24) is 15.3 Å². The van der Waals surface area contributed by atoms with Gasteiger partial charge in [-0.1, -0.05) is 0 Å². The second kappa shape index (κ2) is 6.55. The van der Waals surface area contributed by atoms with Crippen LogP contribution < -0.4 is 21.8 Å². The van der Waals surface area contributed by atoms with Gasteiger partial charge in [-0.2, -0.15) is 0 Å². The van der Waals surface area contributed by atoms with Gasteiger partial charge in [-0.15, -0.1) is 0 Å². The number of hydrogen-bond donors (Lipinski definition) is 4. The zero-order valence-electron chi connectivity index (χ0n) is 13.3. The number of ether oxygens (including phenoxy) is 1. The summed E-state index contributed by atoms with van der Waals surface area (Å²) in [5.41, 5.74) is -0.0718. The standard InChI is InChI=1S/C15H20N4O4/c1-15(2,3)23-14(22)17-7-6-16-9-4-5-10-11(8-9)19-13(21)12(20)18-10/h4-5,8,16H,6-7H2,1-3H3,(H,17,22)(H,18,20)(H,19,21). The third kappa shape index (κ3) is 4.87. The number of aromatic nitrogens is 2. The number of amides is 1. The monoisotopic (exact) mass is 320 g/mol. The van der Waals surface area contributed by atoms with E-state index >= 15 is 0 Å². The van der Waals surface area contributed by atoms with Crippen molar-refractivity contribution in [3.05, 3.63) is 38.9 Å². The molecular weight excluding hydrogens is 300 g/mol. The Morgan fingerprint density at radius 2 is 1.74 bits per heavy atom. The highest BCUT2D eigenvalue weighted by atomic mass is 16.6. The molecule has 8 nitrogen and oxygen atoms in total. The molecule has 1 aromatic heterocycles. The molecule has 4 N–H and O–H groups in total. The van der Waals surface area contributed by atoms with E-state index in [1.54, 1.807) is 39.0 Å². The number of fused-ring (bicyclic) bond motifs is 1. The molecule has 0 radical (unpaired) electrons. The second-order valence-electron chi connectivity index (χ2n) is 6.02. The molecule has 0 aliphatic carbocycles. The maximum absolute atomic E-state index is 11.5. The summed E-state index contributed by atoms with van der Waals surface area (Å²) in [6.45, 7) is 6.26. The van der Waals surface area contributed by atoms with Gasteiger partial charge in [0.05, 0.1) is 11.0 Å². The van der Waals surface area contributed by atoms with Crippen molar-refractivity contribution in [1.29, 1.82) is 0 Å². The molecule has 0 unspecified atom stereocenters. The van der Waals surface area contributed by atoms with Crippen LogP contribution in [-0.4, -0.2) is 34.8 Å². The van der Waals surface area contributed by atoms with E-state index in [1.807, 2.05) is 0 Å². The zero-order chi connectivity index (χ0) is 17.0. The highest BCUT2D eigenvalue weighted by molar-refractivity contribution is 5.78. The highest BCUT2D eigenvalue weighted by Crippen LogP contribution is 2.13. The molecule has 2 rings (SSSR count). The summed E-state index contributed by atoms with van der Waals surface area (Å²) in [5, 5.41) is 5.74. The molecule has 2 aromatic rings. The van der Waals surface area contributed by atoms with Crippen LogP contribution in [0.4, 0.5) is 10.5 Å². The number of anilines is 1. The van der Waals surface area contributed by atoms with Gasteiger partial charge in [0.25, 0.3) is 0 Å². The van der Waals surface area contributed by atoms with Crippen molar-refractivity contribution >= 4 is 22.8 Å². The minimum atomic E-state index is -0.693. The molecule has 0 fully saturated rings. The molecule has 124 valence electrons. The van der Waals surface area contributed by atoms with Gasteiger partial charge in [0, 0.05) is 18.8 Å². The maximum Gasteiger partial charge on any atom is 0.407 e. The fourth-order valence-electron chi connectivity index (χ4n) is 1.91. The van der Waals surface area contributed by atoms with Crippen LogP contribution >= 0.6 is 0 Å². The maximum atomic E-state index is 11.5. The lowest BCUT2D eigenvalue weighted by Crippen LogP contribution is -2.35. The molecule has 0 saturated carbocycles. The van der Waals surface area contributed by atoms with Gasteiger partial charge in [0.1, 0.15) is 5.60 Å². The first-order chi connectivity index (χ1) is 10.7. The summed E-state index contributed by atoms with van der Waals surface area (Å²) in [4.78, 5) is 39.0. The van der Waals surface area contributed by atoms with Gasteiger partial charge in [0.15, 0.2) is 0 Å². The predicted molar refractivity (Wildman–Crippen MR) is 87.9 cm³/mol. The molecule has 0 aliphatic heterocycles. The smallest absolute Gasteiger partial charge is 0.407 e. The number of benzene rings is 1. The van der Waals surface area contributed by atoms with Gasteiger partial charge in [-0.3, -0.25) is 9.59 Å². The van der Waals surface area contributed by atoms with Crippen LogP contribution in [-0.2, 0) is 4.74 Å². The predicted octanol–water partition coefficient (Wildman–Crippen LogP) is 1.15. The Bertz CT molecular complexity index is 817. The Balaban J connectivity index is 1.90. The highest BCUT2D eigenvalue weighted by Gasteiger charge is 2.15. The Hall–Kier alpha value is -2.77. The molecule has 23 heavy (non-hydrogen) atoms. The number of hydrogen-bond acceptors (Lipinski definition) is 5. The van der Waals surface area contributed by atoms with Crippen molar-refractivity contribution in [2.75, 3.05) is 18.4 Å². The number of carbonyl (C=O) groups is 1. The van der Waals surface area contributed by atoms with E-state index in [-0.39, 0.29) is 0 Å². The molecule has 0 aliphatic rings. The molecule has 0 atom stereocenters. The fraction of sp³-hybridized carbons (Fsp3) is 0.400. The van der Waals surface area contributed by atoms with Crippen molar-refractivity contribution in [2.24, 2.45) is 0 Å². The summed E-state index contributed by atoms with van der Waals surface area (Å²) in [5.74, 6) is 0. The summed E-state index contributed by atoms with van der Waals surface area (Å²) >= 11 is 0. The molecular formula is C15H20N4O4. The van der Waals surface area contributed by atoms with Crippen molar-refractivity contribution < 1.29 is 9.53 Å². The van der Waals surface area contributed by atoms with Crippen LogP contribution in [0.5, 0.6) is 0 Å². The first-order valence-electron chi connectivity index (χ1n) is 7.22. The van der Waals surface area contributed by atoms with Gasteiger partial charge in [-0.25, -0.2) is 4.79 Å². The fourth-order valence-corrected chi connectivity index (χ4v) is 1.91. The van der Waals surface area contributed by atoms with Crippen LogP contribution in [0.2, 0.25) is 0 Å². The molecule has 0 spiro atoms. The SMILES string of the molecule is CC(C)(C)OC(=O)NCCNc1ccc2[nH]c(=O)c(=O)[nH]c2c1. The number of rotatable bonds is 4. The molecule has 0 saturated heterocycles. The summed E-state index contributed by atoms with van der Waals surface area (Å²) in [6, 6.07) is 5.17.